The van der Waals surface area contributed by atoms with E-state index < -0.39 is 46.0 Å². The Morgan fingerprint density at radius 1 is 1.10 bits per heavy atom. The summed E-state index contributed by atoms with van der Waals surface area (Å²) in [5.74, 6) is -4.51. The Labute approximate surface area is 108 Å². The Kier molecular flexibility index (Phi) is 2.68. The Hall–Kier alpha value is -1.19. The van der Waals surface area contributed by atoms with Crippen LogP contribution in [0.25, 0.3) is 0 Å². The Morgan fingerprint density at radius 3 is 2.20 bits per heavy atom. The minimum Gasteiger partial charge on any atom is -0.493 e. The van der Waals surface area contributed by atoms with E-state index >= 15 is 0 Å². The zero-order valence-electron chi connectivity index (χ0n) is 9.56. The summed E-state index contributed by atoms with van der Waals surface area (Å²) in [4.78, 5) is 0. The lowest BCUT2D eigenvalue weighted by molar-refractivity contribution is -0.137. The zero-order valence-corrected chi connectivity index (χ0v) is 10.4. The van der Waals surface area contributed by atoms with Crippen LogP contribution in [-0.2, 0) is 6.18 Å². The van der Waals surface area contributed by atoms with Crippen LogP contribution in [0.2, 0.25) is 0 Å². The van der Waals surface area contributed by atoms with Crippen molar-refractivity contribution in [2.24, 2.45) is 0 Å². The molecule has 0 aromatic heterocycles. The molecular formula is C10H8F8OS. The predicted octanol–water partition coefficient (Wildman–Crippen LogP) is 5.48. The van der Waals surface area contributed by atoms with Crippen LogP contribution in [0.3, 0.4) is 0 Å². The normalized spacial score (nSPS) is 22.7. The van der Waals surface area contributed by atoms with Crippen molar-refractivity contribution in [1.29, 1.82) is 0 Å². The lowest BCUT2D eigenvalue weighted by Gasteiger charge is -2.41. The molecule has 1 aliphatic rings. The monoisotopic (exact) mass is 328 g/mol. The average Bonchev–Trinajstić information content (AvgIpc) is 2.55. The van der Waals surface area contributed by atoms with E-state index in [0.717, 1.165) is 6.07 Å². The molecule has 1 aromatic rings. The second-order valence-corrected chi connectivity index (χ2v) is 7.14. The number of hydrogen-bond acceptors (Lipinski definition) is 1. The first kappa shape index (κ1) is 15.2. The van der Waals surface area contributed by atoms with Gasteiger partial charge in [-0.15, -0.1) is 0 Å². The summed E-state index contributed by atoms with van der Waals surface area (Å²) < 4.78 is 104. The van der Waals surface area contributed by atoms with E-state index in [0.29, 0.717) is 12.1 Å². The van der Waals surface area contributed by atoms with Gasteiger partial charge in [0, 0.05) is 11.5 Å². The maximum Gasteiger partial charge on any atom is 0.416 e. The molecule has 0 amide bonds. The number of halogens is 8. The molecule has 20 heavy (non-hydrogen) atoms. The van der Waals surface area contributed by atoms with Gasteiger partial charge in [0.25, 0.3) is 10.2 Å². The summed E-state index contributed by atoms with van der Waals surface area (Å²) >= 11 is 0. The Balaban J connectivity index is 2.32. The van der Waals surface area contributed by atoms with Gasteiger partial charge in [-0.2, -0.15) is 13.2 Å². The molecule has 116 valence electrons. The number of ether oxygens (including phenoxy) is 1. The van der Waals surface area contributed by atoms with E-state index in [4.69, 9.17) is 0 Å². The summed E-state index contributed by atoms with van der Waals surface area (Å²) in [5.41, 5.74) is -1.39. The zero-order chi connectivity index (χ0) is 15.5. The molecule has 0 spiro atoms. The van der Waals surface area contributed by atoms with Gasteiger partial charge < -0.3 is 4.74 Å². The molecule has 1 unspecified atom stereocenters. The third-order valence-electron chi connectivity index (χ3n) is 2.74. The number of alkyl halides is 3. The van der Waals surface area contributed by atoms with Crippen LogP contribution in [0.15, 0.2) is 18.2 Å². The minimum absolute atomic E-state index is 0.286. The Morgan fingerprint density at radius 2 is 1.70 bits per heavy atom. The predicted molar refractivity (Wildman–Crippen MR) is 57.7 cm³/mol. The fourth-order valence-electron chi connectivity index (χ4n) is 1.97. The maximum atomic E-state index is 12.4. The molecule has 0 fully saturated rings. The summed E-state index contributed by atoms with van der Waals surface area (Å²) in [5, 5.41) is 0. The highest BCUT2D eigenvalue weighted by atomic mass is 32.5. The van der Waals surface area contributed by atoms with Crippen LogP contribution in [0.5, 0.6) is 5.75 Å². The fourth-order valence-corrected chi connectivity index (χ4v) is 3.01. The van der Waals surface area contributed by atoms with Crippen molar-refractivity contribution in [3.05, 3.63) is 29.3 Å². The van der Waals surface area contributed by atoms with Gasteiger partial charge in [0.2, 0.25) is 0 Å². The van der Waals surface area contributed by atoms with Crippen LogP contribution in [0.4, 0.5) is 32.6 Å². The molecule has 1 aromatic carbocycles. The molecule has 0 radical (unpaired) electrons. The average molecular weight is 328 g/mol. The first-order valence-corrected chi connectivity index (χ1v) is 7.33. The van der Waals surface area contributed by atoms with Gasteiger partial charge in [-0.25, -0.2) is 0 Å². The highest BCUT2D eigenvalue weighted by molar-refractivity contribution is 8.45. The summed E-state index contributed by atoms with van der Waals surface area (Å²) in [6, 6.07) is 1.81. The van der Waals surface area contributed by atoms with Crippen molar-refractivity contribution in [1.82, 2.24) is 0 Å². The molecule has 1 aliphatic heterocycles. The first-order chi connectivity index (χ1) is 8.64. The number of hydrogen-bond donors (Lipinski definition) is 0. The van der Waals surface area contributed by atoms with Crippen LogP contribution in [0, 0.1) is 0 Å². The number of rotatable bonds is 2. The van der Waals surface area contributed by atoms with Gasteiger partial charge >= 0.3 is 6.18 Å². The summed E-state index contributed by atoms with van der Waals surface area (Å²) in [6.45, 7) is -0.720. The maximum absolute atomic E-state index is 12.4. The molecule has 1 nitrogen and oxygen atoms in total. The van der Waals surface area contributed by atoms with Crippen molar-refractivity contribution < 1.29 is 37.3 Å². The molecule has 1 atom stereocenters. The quantitative estimate of drug-likeness (QED) is 0.653. The summed E-state index contributed by atoms with van der Waals surface area (Å²) in [6.07, 6.45) is -4.68. The molecule has 0 saturated heterocycles. The van der Waals surface area contributed by atoms with E-state index in [9.17, 15) is 32.6 Å². The first-order valence-electron chi connectivity index (χ1n) is 5.21. The van der Waals surface area contributed by atoms with Crippen molar-refractivity contribution >= 4 is 10.2 Å². The van der Waals surface area contributed by atoms with E-state index in [1.807, 2.05) is 0 Å². The van der Waals surface area contributed by atoms with Crippen LogP contribution in [-0.4, -0.2) is 12.4 Å². The SMILES string of the molecule is FC(F)(F)c1ccc2c(c1)OCC2CS(F)(F)(F)(F)F. The van der Waals surface area contributed by atoms with Crippen LogP contribution in [0.1, 0.15) is 17.0 Å². The minimum atomic E-state index is -9.64. The van der Waals surface area contributed by atoms with E-state index in [1.165, 1.54) is 0 Å². The second kappa shape index (κ2) is 3.52. The highest BCUT2D eigenvalue weighted by Crippen LogP contribution is 2.98. The molecule has 0 saturated carbocycles. The van der Waals surface area contributed by atoms with Gasteiger partial charge in [0.05, 0.1) is 17.9 Å². The fraction of sp³-hybridized carbons (Fsp3) is 0.400. The number of fused-ring (bicyclic) bond motifs is 1. The molecular weight excluding hydrogens is 320 g/mol. The van der Waals surface area contributed by atoms with E-state index in [-0.39, 0.29) is 5.56 Å². The second-order valence-electron chi connectivity index (χ2n) is 4.55. The number of benzene rings is 1. The smallest absolute Gasteiger partial charge is 0.416 e. The molecule has 0 N–H and O–H groups in total. The van der Waals surface area contributed by atoms with Crippen LogP contribution < -0.4 is 4.74 Å². The van der Waals surface area contributed by atoms with Crippen LogP contribution >= 0.6 is 10.2 Å². The van der Waals surface area contributed by atoms with Gasteiger partial charge in [-0.3, -0.25) is 0 Å². The van der Waals surface area contributed by atoms with Crippen molar-refractivity contribution in [2.45, 2.75) is 12.1 Å². The molecule has 0 bridgehead atoms. The lowest BCUT2D eigenvalue weighted by atomic mass is 10.0. The highest BCUT2D eigenvalue weighted by Gasteiger charge is 2.64. The van der Waals surface area contributed by atoms with Crippen molar-refractivity contribution in [3.63, 3.8) is 0 Å². The van der Waals surface area contributed by atoms with Gasteiger partial charge in [0.1, 0.15) is 5.75 Å². The van der Waals surface area contributed by atoms with E-state index in [1.54, 1.807) is 0 Å². The van der Waals surface area contributed by atoms with Crippen molar-refractivity contribution in [3.8, 4) is 5.75 Å². The lowest BCUT2D eigenvalue weighted by Crippen LogP contribution is -2.19. The van der Waals surface area contributed by atoms with Gasteiger partial charge in [-0.1, -0.05) is 25.5 Å². The van der Waals surface area contributed by atoms with Gasteiger partial charge in [0.15, 0.2) is 0 Å². The standard InChI is InChI=1S/C10H8F8OS/c11-10(12,13)7-1-2-8-6(4-19-9(8)3-7)5-20(14,15,16,17)18/h1-3,6H,4-5H2. The van der Waals surface area contributed by atoms with E-state index in [2.05, 4.69) is 4.74 Å². The van der Waals surface area contributed by atoms with Crippen molar-refractivity contribution in [2.75, 3.05) is 12.4 Å². The summed E-state index contributed by atoms with van der Waals surface area (Å²) in [7, 11) is -9.64. The molecule has 1 heterocycles. The third-order valence-corrected chi connectivity index (χ3v) is 3.77. The Bertz CT molecular complexity index is 546. The third kappa shape index (κ3) is 3.68. The molecule has 2 rings (SSSR count). The van der Waals surface area contributed by atoms with Gasteiger partial charge in [-0.05, 0) is 12.1 Å². The topological polar surface area (TPSA) is 9.23 Å². The molecule has 0 aliphatic carbocycles. The largest absolute Gasteiger partial charge is 0.493 e. The molecule has 10 heteroatoms.